The SMILES string of the molecule is CC[C@H]1O[C@@H](n2cnc3c(=O)[nH]c(/N=C/N(C)C)nc32)[C@@H](OCCCCCCNC(=O)CCCCO[C@@H]2O[C@H](COC(=O)c3ccccc3)[C@H](OC(=O)c3ccccc3)[C@H](OC(=O)c3ccccc3)[C@H]2C)C1OC(=O)CCC(=O)O. The molecule has 80 heavy (non-hydrogen) atoms. The average molecular weight is 1110 g/mol. The minimum Gasteiger partial charge on any atom is -0.481 e. The van der Waals surface area contributed by atoms with Crippen molar-refractivity contribution in [3.05, 3.63) is 124 Å². The zero-order chi connectivity index (χ0) is 57.0. The molecule has 0 aliphatic carbocycles. The molecule has 1 unspecified atom stereocenters. The monoisotopic (exact) mass is 1110 g/mol. The minimum atomic E-state index is -1.21. The van der Waals surface area contributed by atoms with Crippen LogP contribution in [-0.4, -0.2) is 155 Å². The number of carboxylic acids is 1. The van der Waals surface area contributed by atoms with Crippen molar-refractivity contribution in [2.75, 3.05) is 40.5 Å². The predicted octanol–water partition coefficient (Wildman–Crippen LogP) is 6.34. The average Bonchev–Trinajstić information content (AvgIpc) is 4.14. The quantitative estimate of drug-likeness (QED) is 0.0155. The van der Waals surface area contributed by atoms with Crippen LogP contribution in [0.2, 0.25) is 0 Å². The molecular formula is C57H69N7O16. The zero-order valence-electron chi connectivity index (χ0n) is 45.2. The Kier molecular flexibility index (Phi) is 22.4. The Hall–Kier alpha value is -7.86. The van der Waals surface area contributed by atoms with Gasteiger partial charge in [-0.1, -0.05) is 81.3 Å². The molecule has 2 fully saturated rings. The van der Waals surface area contributed by atoms with E-state index >= 15 is 0 Å². The van der Waals surface area contributed by atoms with E-state index in [1.165, 1.54) is 12.7 Å². The second kappa shape index (κ2) is 29.9. The largest absolute Gasteiger partial charge is 0.481 e. The number of carbonyl (C=O) groups is 6. The van der Waals surface area contributed by atoms with Gasteiger partial charge in [-0.3, -0.25) is 28.7 Å². The molecule has 2 saturated heterocycles. The lowest BCUT2D eigenvalue weighted by molar-refractivity contribution is -0.281. The molecule has 0 saturated carbocycles. The fourth-order valence-corrected chi connectivity index (χ4v) is 9.06. The van der Waals surface area contributed by atoms with E-state index in [4.69, 9.17) is 43.0 Å². The maximum absolute atomic E-state index is 13.6. The van der Waals surface area contributed by atoms with Crippen LogP contribution in [0.5, 0.6) is 0 Å². The highest BCUT2D eigenvalue weighted by Crippen LogP contribution is 2.37. The Morgan fingerprint density at radius 2 is 1.32 bits per heavy atom. The van der Waals surface area contributed by atoms with Gasteiger partial charge in [0.15, 0.2) is 35.9 Å². The normalized spacial score (nSPS) is 21.7. The molecule has 5 aromatic rings. The number of benzene rings is 3. The molecule has 2 aliphatic rings. The summed E-state index contributed by atoms with van der Waals surface area (Å²) in [6.45, 7) is 4.10. The Balaban J connectivity index is 0.887. The van der Waals surface area contributed by atoms with Crippen LogP contribution >= 0.6 is 0 Å². The Labute approximate surface area is 462 Å². The molecule has 2 aromatic heterocycles. The molecule has 3 aromatic carbocycles. The second-order valence-corrected chi connectivity index (χ2v) is 19.5. The number of fused-ring (bicyclic) bond motifs is 1. The predicted molar refractivity (Wildman–Crippen MR) is 288 cm³/mol. The molecule has 3 N–H and O–H groups in total. The van der Waals surface area contributed by atoms with Gasteiger partial charge in [0.1, 0.15) is 24.9 Å². The number of amides is 1. The highest BCUT2D eigenvalue weighted by atomic mass is 16.7. The third-order valence-electron chi connectivity index (χ3n) is 13.2. The Bertz CT molecular complexity index is 2920. The summed E-state index contributed by atoms with van der Waals surface area (Å²) in [5.41, 5.74) is 0.544. The summed E-state index contributed by atoms with van der Waals surface area (Å²) in [6.07, 6.45) is -1.17. The number of rotatable bonds is 29. The summed E-state index contributed by atoms with van der Waals surface area (Å²) in [6, 6.07) is 25.1. The number of hydrogen-bond donors (Lipinski definition) is 3. The highest BCUT2D eigenvalue weighted by Gasteiger charge is 2.51. The standard InChI is InChI=1S/C57H69N7O16/c1-5-40-47(78-44(68)29-28-43(66)67)49(52(76-40)64-35-59-45-50(64)61-57(62-51(45)69)60-34-63(3)4)73-31-19-7-6-18-30-58-42(65)27-17-20-32-74-56-36(2)46(79-54(71)38-23-13-9-14-24-38)48(80-55(72)39-25-15-10-16-26-39)41(77-56)33-75-53(70)37-21-11-8-12-22-37/h8-16,21-26,34-36,40-41,46-49,52,56H,5-7,17-20,27-33H2,1-4H3,(H,58,65)(H,66,67)(H,61,62,69)/b60-34+/t36-,40-,41-,46-,47?,48+,49+,52-,56-/m1/s1. The van der Waals surface area contributed by atoms with Crippen molar-refractivity contribution in [3.63, 3.8) is 0 Å². The van der Waals surface area contributed by atoms with E-state index in [9.17, 15) is 33.6 Å². The second-order valence-electron chi connectivity index (χ2n) is 19.5. The molecule has 23 nitrogen and oxygen atoms in total. The number of nitrogens with zero attached hydrogens (tertiary/aromatic N) is 5. The van der Waals surface area contributed by atoms with E-state index in [0.717, 1.165) is 12.8 Å². The number of imidazole rings is 1. The highest BCUT2D eigenvalue weighted by molar-refractivity contribution is 5.91. The van der Waals surface area contributed by atoms with Crippen molar-refractivity contribution in [1.29, 1.82) is 0 Å². The zero-order valence-corrected chi connectivity index (χ0v) is 45.2. The molecule has 7 rings (SSSR count). The van der Waals surface area contributed by atoms with Crippen molar-refractivity contribution in [1.82, 2.24) is 29.7 Å². The van der Waals surface area contributed by atoms with Gasteiger partial charge >= 0.3 is 29.8 Å². The fraction of sp³-hybridized carbons (Fsp3) is 0.474. The fourth-order valence-electron chi connectivity index (χ4n) is 9.06. The lowest BCUT2D eigenvalue weighted by Gasteiger charge is -2.44. The first-order chi connectivity index (χ1) is 38.7. The van der Waals surface area contributed by atoms with Crippen LogP contribution < -0.4 is 10.9 Å². The van der Waals surface area contributed by atoms with Gasteiger partial charge in [-0.25, -0.2) is 24.4 Å². The number of hydrogen-bond acceptors (Lipinski definition) is 18. The van der Waals surface area contributed by atoms with Crippen LogP contribution in [0.4, 0.5) is 5.95 Å². The number of aliphatic imine (C=N–C) groups is 1. The van der Waals surface area contributed by atoms with Gasteiger partial charge in [-0.15, -0.1) is 0 Å². The van der Waals surface area contributed by atoms with Crippen LogP contribution in [0.1, 0.15) is 115 Å². The summed E-state index contributed by atoms with van der Waals surface area (Å²) < 4.78 is 50.6. The molecule has 1 amide bonds. The summed E-state index contributed by atoms with van der Waals surface area (Å²) in [4.78, 5) is 107. The lowest BCUT2D eigenvalue weighted by Crippen LogP contribution is -2.58. The molecular weight excluding hydrogens is 1040 g/mol. The summed E-state index contributed by atoms with van der Waals surface area (Å²) in [7, 11) is 3.54. The minimum absolute atomic E-state index is 0.0403. The first-order valence-electron chi connectivity index (χ1n) is 26.8. The van der Waals surface area contributed by atoms with Gasteiger partial charge in [-0.05, 0) is 68.5 Å². The van der Waals surface area contributed by atoms with Gasteiger partial charge in [0, 0.05) is 46.2 Å². The molecule has 9 atom stereocenters. The molecule has 0 bridgehead atoms. The van der Waals surface area contributed by atoms with Crippen molar-refractivity contribution < 1.29 is 71.8 Å². The number of unbranched alkanes of at least 4 members (excludes halogenated alkanes) is 4. The summed E-state index contributed by atoms with van der Waals surface area (Å²) >= 11 is 0. The van der Waals surface area contributed by atoms with Crippen molar-refractivity contribution in [3.8, 4) is 0 Å². The molecule has 2 aliphatic heterocycles. The van der Waals surface area contributed by atoms with Crippen LogP contribution in [0, 0.1) is 5.92 Å². The number of aromatic nitrogens is 4. The molecule has 0 spiro atoms. The van der Waals surface area contributed by atoms with Crippen LogP contribution in [0.15, 0.2) is 107 Å². The van der Waals surface area contributed by atoms with E-state index in [1.807, 2.05) is 6.92 Å². The Morgan fingerprint density at radius 3 is 1.96 bits per heavy atom. The number of esters is 4. The van der Waals surface area contributed by atoms with Gasteiger partial charge in [-0.2, -0.15) is 4.98 Å². The first-order valence-corrected chi connectivity index (χ1v) is 26.8. The number of aromatic amines is 1. The number of aliphatic carboxylic acids is 1. The lowest BCUT2D eigenvalue weighted by atomic mass is 9.91. The third-order valence-corrected chi connectivity index (χ3v) is 13.2. The maximum atomic E-state index is 13.6. The van der Waals surface area contributed by atoms with Crippen LogP contribution in [0.3, 0.4) is 0 Å². The van der Waals surface area contributed by atoms with Gasteiger partial charge in [0.05, 0.1) is 48.3 Å². The van der Waals surface area contributed by atoms with Crippen molar-refractivity contribution in [2.24, 2.45) is 10.9 Å². The van der Waals surface area contributed by atoms with E-state index in [1.54, 1.807) is 121 Å². The Morgan fingerprint density at radius 1 is 0.725 bits per heavy atom. The molecule has 428 valence electrons. The topological polar surface area (TPSA) is 288 Å². The summed E-state index contributed by atoms with van der Waals surface area (Å²) in [5.74, 6) is -4.61. The summed E-state index contributed by atoms with van der Waals surface area (Å²) in [5, 5.41) is 12.1. The molecule has 0 radical (unpaired) electrons. The third kappa shape index (κ3) is 16.8. The van der Waals surface area contributed by atoms with E-state index < -0.39 is 96.9 Å². The van der Waals surface area contributed by atoms with E-state index in [-0.39, 0.29) is 66.8 Å². The van der Waals surface area contributed by atoms with Crippen molar-refractivity contribution in [2.45, 2.75) is 127 Å². The van der Waals surface area contributed by atoms with E-state index in [0.29, 0.717) is 44.2 Å². The number of H-pyrrole nitrogens is 1. The van der Waals surface area contributed by atoms with Gasteiger partial charge in [0.2, 0.25) is 11.9 Å². The number of nitrogens with one attached hydrogen (secondary N) is 2. The molecule has 4 heterocycles. The smallest absolute Gasteiger partial charge is 0.338 e. The molecule has 23 heteroatoms. The van der Waals surface area contributed by atoms with Crippen LogP contribution in [0.25, 0.3) is 11.2 Å². The maximum Gasteiger partial charge on any atom is 0.338 e. The number of carbonyl (C=O) groups excluding carboxylic acids is 5. The van der Waals surface area contributed by atoms with Crippen molar-refractivity contribution >= 4 is 59.2 Å². The van der Waals surface area contributed by atoms with Gasteiger partial charge < -0.3 is 53.2 Å². The van der Waals surface area contributed by atoms with Crippen LogP contribution in [-0.2, 0) is 52.3 Å². The number of ether oxygens (including phenoxy) is 8. The number of carboxylic acid groups (broad SMARTS) is 1. The van der Waals surface area contributed by atoms with Gasteiger partial charge in [0.25, 0.3) is 5.56 Å². The van der Waals surface area contributed by atoms with E-state index in [2.05, 4.69) is 25.3 Å². The first kappa shape index (κ1) is 59.8.